The molecule has 1 fully saturated rings. The molecule has 8 nitrogen and oxygen atoms in total. The number of anilines is 2. The molecule has 1 saturated heterocycles. The van der Waals surface area contributed by atoms with Crippen LogP contribution in [0.15, 0.2) is 42.6 Å². The second-order valence-corrected chi connectivity index (χ2v) is 5.24. The van der Waals surface area contributed by atoms with Gasteiger partial charge < -0.3 is 15.0 Å². The number of nitrogens with one attached hydrogen (secondary N) is 1. The first kappa shape index (κ1) is 15.9. The minimum atomic E-state index is -0.501. The first-order chi connectivity index (χ1) is 11.6. The van der Waals surface area contributed by atoms with E-state index in [9.17, 15) is 14.9 Å². The second-order valence-electron chi connectivity index (χ2n) is 5.24. The summed E-state index contributed by atoms with van der Waals surface area (Å²) < 4.78 is 5.32. The van der Waals surface area contributed by atoms with Crippen LogP contribution in [0.25, 0.3) is 0 Å². The molecule has 124 valence electrons. The van der Waals surface area contributed by atoms with Crippen molar-refractivity contribution in [3.05, 3.63) is 58.3 Å². The smallest absolute Gasteiger partial charge is 0.271 e. The number of nitro benzene ring substituents is 1. The third kappa shape index (κ3) is 3.49. The van der Waals surface area contributed by atoms with Crippen molar-refractivity contribution in [3.63, 3.8) is 0 Å². The number of hydrogen-bond donors (Lipinski definition) is 1. The number of nitro groups is 1. The van der Waals surface area contributed by atoms with Crippen LogP contribution >= 0.6 is 0 Å². The van der Waals surface area contributed by atoms with Crippen LogP contribution < -0.4 is 10.2 Å². The van der Waals surface area contributed by atoms with E-state index >= 15 is 0 Å². The molecule has 0 aliphatic carbocycles. The van der Waals surface area contributed by atoms with E-state index in [1.54, 1.807) is 24.4 Å². The lowest BCUT2D eigenvalue weighted by Gasteiger charge is -2.29. The Kier molecular flexibility index (Phi) is 4.66. The van der Waals surface area contributed by atoms with Gasteiger partial charge in [0, 0.05) is 37.1 Å². The van der Waals surface area contributed by atoms with Gasteiger partial charge >= 0.3 is 0 Å². The van der Waals surface area contributed by atoms with Crippen molar-refractivity contribution >= 4 is 23.1 Å². The maximum atomic E-state index is 12.6. The molecule has 1 aliphatic rings. The third-order valence-corrected chi connectivity index (χ3v) is 3.66. The molecule has 2 aromatic rings. The molecule has 1 aliphatic heterocycles. The van der Waals surface area contributed by atoms with Gasteiger partial charge in [0.1, 0.15) is 5.82 Å². The van der Waals surface area contributed by atoms with Gasteiger partial charge in [0.15, 0.2) is 0 Å². The fourth-order valence-electron chi connectivity index (χ4n) is 2.50. The molecule has 0 spiro atoms. The van der Waals surface area contributed by atoms with Crippen molar-refractivity contribution in [3.8, 4) is 0 Å². The van der Waals surface area contributed by atoms with E-state index in [2.05, 4.69) is 10.3 Å². The predicted molar refractivity (Wildman–Crippen MR) is 88.3 cm³/mol. The van der Waals surface area contributed by atoms with Crippen LogP contribution in [-0.2, 0) is 4.74 Å². The first-order valence-electron chi connectivity index (χ1n) is 7.48. The summed E-state index contributed by atoms with van der Waals surface area (Å²) in [7, 11) is 0. The number of morpholine rings is 1. The first-order valence-corrected chi connectivity index (χ1v) is 7.48. The van der Waals surface area contributed by atoms with E-state index in [1.807, 2.05) is 4.90 Å². The molecular weight excluding hydrogens is 312 g/mol. The van der Waals surface area contributed by atoms with E-state index in [4.69, 9.17) is 4.74 Å². The summed E-state index contributed by atoms with van der Waals surface area (Å²) in [6, 6.07) is 9.20. The third-order valence-electron chi connectivity index (χ3n) is 3.66. The standard InChI is InChI=1S/C16H16N4O4/c21-16(18-12-3-1-4-13(11-12)20(22)23)14-5-2-6-17-15(14)19-7-9-24-10-8-19/h1-6,11H,7-10H2,(H,18,21). The Morgan fingerprint density at radius 3 is 2.79 bits per heavy atom. The van der Waals surface area contributed by atoms with Crippen LogP contribution in [0.3, 0.4) is 0 Å². The Balaban J connectivity index is 1.82. The molecule has 1 N–H and O–H groups in total. The van der Waals surface area contributed by atoms with E-state index in [-0.39, 0.29) is 11.6 Å². The minimum absolute atomic E-state index is 0.0765. The number of aromatic nitrogens is 1. The van der Waals surface area contributed by atoms with E-state index in [1.165, 1.54) is 18.2 Å². The highest BCUT2D eigenvalue weighted by atomic mass is 16.6. The SMILES string of the molecule is O=C(Nc1cccc([N+](=O)[O-])c1)c1cccnc1N1CCOCC1. The Hall–Kier alpha value is -3.00. The van der Waals surface area contributed by atoms with Crippen LogP contribution in [0, 0.1) is 10.1 Å². The lowest BCUT2D eigenvalue weighted by molar-refractivity contribution is -0.384. The number of carbonyl (C=O) groups is 1. The normalized spacial score (nSPS) is 14.2. The lowest BCUT2D eigenvalue weighted by atomic mass is 10.2. The highest BCUT2D eigenvalue weighted by molar-refractivity contribution is 6.07. The van der Waals surface area contributed by atoms with Gasteiger partial charge in [-0.3, -0.25) is 14.9 Å². The van der Waals surface area contributed by atoms with Crippen LogP contribution in [0.5, 0.6) is 0 Å². The second kappa shape index (κ2) is 7.05. The molecule has 0 bridgehead atoms. The van der Waals surface area contributed by atoms with Crippen LogP contribution in [0.2, 0.25) is 0 Å². The fourth-order valence-corrected chi connectivity index (χ4v) is 2.50. The number of rotatable bonds is 4. The number of pyridine rings is 1. The molecule has 0 saturated carbocycles. The largest absolute Gasteiger partial charge is 0.378 e. The Morgan fingerprint density at radius 1 is 1.25 bits per heavy atom. The highest BCUT2D eigenvalue weighted by Crippen LogP contribution is 2.22. The van der Waals surface area contributed by atoms with Crippen LogP contribution in [0.4, 0.5) is 17.2 Å². The van der Waals surface area contributed by atoms with Gasteiger partial charge in [-0.15, -0.1) is 0 Å². The van der Waals surface area contributed by atoms with E-state index in [0.29, 0.717) is 43.4 Å². The van der Waals surface area contributed by atoms with Gasteiger partial charge in [0.05, 0.1) is 23.7 Å². The topological polar surface area (TPSA) is 97.6 Å². The van der Waals surface area contributed by atoms with Gasteiger partial charge in [-0.1, -0.05) is 6.07 Å². The van der Waals surface area contributed by atoms with Gasteiger partial charge in [-0.2, -0.15) is 0 Å². The predicted octanol–water partition coefficient (Wildman–Crippen LogP) is 2.08. The van der Waals surface area contributed by atoms with Crippen molar-refractivity contribution < 1.29 is 14.5 Å². The summed E-state index contributed by atoms with van der Waals surface area (Å²) >= 11 is 0. The fraction of sp³-hybridized carbons (Fsp3) is 0.250. The Morgan fingerprint density at radius 2 is 2.04 bits per heavy atom. The van der Waals surface area contributed by atoms with Gasteiger partial charge in [0.25, 0.3) is 11.6 Å². The van der Waals surface area contributed by atoms with Crippen LogP contribution in [-0.4, -0.2) is 42.1 Å². The van der Waals surface area contributed by atoms with Crippen molar-refractivity contribution in [2.24, 2.45) is 0 Å². The zero-order valence-corrected chi connectivity index (χ0v) is 12.8. The molecule has 2 heterocycles. The van der Waals surface area contributed by atoms with Crippen molar-refractivity contribution in [2.45, 2.75) is 0 Å². The van der Waals surface area contributed by atoms with Crippen LogP contribution in [0.1, 0.15) is 10.4 Å². The summed E-state index contributed by atoms with van der Waals surface area (Å²) in [5.41, 5.74) is 0.712. The number of amides is 1. The molecular formula is C16H16N4O4. The maximum Gasteiger partial charge on any atom is 0.271 e. The molecule has 3 rings (SSSR count). The number of ether oxygens (including phenoxy) is 1. The highest BCUT2D eigenvalue weighted by Gasteiger charge is 2.20. The molecule has 8 heteroatoms. The zero-order chi connectivity index (χ0) is 16.9. The number of hydrogen-bond acceptors (Lipinski definition) is 6. The molecule has 1 aromatic heterocycles. The molecule has 0 radical (unpaired) electrons. The summed E-state index contributed by atoms with van der Waals surface area (Å²) in [5, 5.41) is 13.5. The minimum Gasteiger partial charge on any atom is -0.378 e. The summed E-state index contributed by atoms with van der Waals surface area (Å²) in [5.74, 6) is 0.230. The van der Waals surface area contributed by atoms with E-state index in [0.717, 1.165) is 0 Å². The molecule has 1 amide bonds. The van der Waals surface area contributed by atoms with Gasteiger partial charge in [0.2, 0.25) is 0 Å². The lowest BCUT2D eigenvalue weighted by Crippen LogP contribution is -2.38. The molecule has 24 heavy (non-hydrogen) atoms. The van der Waals surface area contributed by atoms with Crippen molar-refractivity contribution in [2.75, 3.05) is 36.5 Å². The summed E-state index contributed by atoms with van der Waals surface area (Å²) in [4.78, 5) is 29.2. The molecule has 1 aromatic carbocycles. The monoisotopic (exact) mass is 328 g/mol. The van der Waals surface area contributed by atoms with Crippen molar-refractivity contribution in [1.29, 1.82) is 0 Å². The number of carbonyl (C=O) groups excluding carboxylic acids is 1. The summed E-state index contributed by atoms with van der Waals surface area (Å²) in [6.45, 7) is 2.49. The average molecular weight is 328 g/mol. The zero-order valence-electron chi connectivity index (χ0n) is 12.8. The van der Waals surface area contributed by atoms with Gasteiger partial charge in [-0.25, -0.2) is 4.98 Å². The number of benzene rings is 1. The Labute approximate surface area is 138 Å². The quantitative estimate of drug-likeness (QED) is 0.681. The number of non-ortho nitro benzene ring substituents is 1. The molecule has 0 atom stereocenters. The summed E-state index contributed by atoms with van der Waals surface area (Å²) in [6.07, 6.45) is 1.63. The van der Waals surface area contributed by atoms with E-state index < -0.39 is 4.92 Å². The average Bonchev–Trinajstić information content (AvgIpc) is 2.62. The Bertz CT molecular complexity index is 759. The number of nitrogens with zero attached hydrogens (tertiary/aromatic N) is 3. The maximum absolute atomic E-state index is 12.6. The molecule has 0 unspecified atom stereocenters. The van der Waals surface area contributed by atoms with Crippen molar-refractivity contribution in [1.82, 2.24) is 4.98 Å². The van der Waals surface area contributed by atoms with Gasteiger partial charge in [-0.05, 0) is 18.2 Å².